The lowest BCUT2D eigenvalue weighted by Crippen LogP contribution is -2.32. The lowest BCUT2D eigenvalue weighted by Gasteiger charge is -2.08. The van der Waals surface area contributed by atoms with Gasteiger partial charge < -0.3 is 9.72 Å². The molecule has 3 aromatic rings. The number of halogens is 2. The number of fused-ring (bicyclic) bond motifs is 1. The number of carbonyl (C=O) groups excluding carboxylic acids is 1. The van der Waals surface area contributed by atoms with Crippen LogP contribution < -0.4 is 16.0 Å². The van der Waals surface area contributed by atoms with Crippen LogP contribution in [0.15, 0.2) is 51.1 Å². The fourth-order valence-corrected chi connectivity index (χ4v) is 4.31. The monoisotopic (exact) mass is 575 g/mol. The number of hydrogen-bond donors (Lipinski definition) is 1. The van der Waals surface area contributed by atoms with E-state index in [0.29, 0.717) is 29.4 Å². The third kappa shape index (κ3) is 3.87. The van der Waals surface area contributed by atoms with E-state index in [1.54, 1.807) is 36.4 Å². The first-order valence-corrected chi connectivity index (χ1v) is 9.48. The molecule has 1 N–H and O–H groups in total. The normalized spacial score (nSPS) is 11.2. The number of benzene rings is 2. The number of aromatic amines is 1. The van der Waals surface area contributed by atoms with Gasteiger partial charge in [0.05, 0.1) is 24.3 Å². The molecule has 3 rings (SSSR count). The predicted octanol–water partition coefficient (Wildman–Crippen LogP) is 2.71. The van der Waals surface area contributed by atoms with Gasteiger partial charge in [0.1, 0.15) is 0 Å². The lowest BCUT2D eigenvalue weighted by atomic mass is 10.2. The van der Waals surface area contributed by atoms with Gasteiger partial charge in [-0.2, -0.15) is 5.10 Å². The Hall–Kier alpha value is -2.02. The summed E-state index contributed by atoms with van der Waals surface area (Å²) in [5.41, 5.74) is 0.00495. The number of para-hydroxylation sites is 1. The molecule has 0 saturated heterocycles. The molecule has 0 atom stereocenters. The zero-order chi connectivity index (χ0) is 18.8. The largest absolute Gasteiger partial charge is 0.424 e. The van der Waals surface area contributed by atoms with Crippen LogP contribution in [-0.4, -0.2) is 21.8 Å². The zero-order valence-electron chi connectivity index (χ0n) is 13.3. The number of hydrogen-bond acceptors (Lipinski definition) is 5. The van der Waals surface area contributed by atoms with Crippen molar-refractivity contribution in [2.45, 2.75) is 6.92 Å². The summed E-state index contributed by atoms with van der Waals surface area (Å²) >= 11 is 4.09. The summed E-state index contributed by atoms with van der Waals surface area (Å²) in [7, 11) is 0. The quantitative estimate of drug-likeness (QED) is 0.225. The molecule has 26 heavy (non-hydrogen) atoms. The molecule has 0 bridgehead atoms. The third-order valence-corrected chi connectivity index (χ3v) is 4.98. The van der Waals surface area contributed by atoms with Crippen LogP contribution in [0.2, 0.25) is 0 Å². The second-order valence-corrected chi connectivity index (χ2v) is 7.57. The summed E-state index contributed by atoms with van der Waals surface area (Å²) in [6.07, 6.45) is 1.41. The molecule has 7 nitrogen and oxygen atoms in total. The van der Waals surface area contributed by atoms with Gasteiger partial charge in [0, 0.05) is 6.92 Å². The maximum atomic E-state index is 12.4. The summed E-state index contributed by atoms with van der Waals surface area (Å²) in [5, 5.41) is 4.39. The Morgan fingerprint density at radius 3 is 2.50 bits per heavy atom. The molecule has 0 radical (unpaired) electrons. The minimum atomic E-state index is -0.620. The standard InChI is InChI=1S/C17H11I2N3O4/c1-9(23)26-15-12(18)6-10(7-13(15)19)8-20-22-16(24)11-4-2-3-5-14(11)21-17(22)25/h2-8H,1H3,(H,21,25). The first-order valence-electron chi connectivity index (χ1n) is 7.32. The number of esters is 1. The Morgan fingerprint density at radius 1 is 1.19 bits per heavy atom. The van der Waals surface area contributed by atoms with Crippen LogP contribution >= 0.6 is 45.2 Å². The second-order valence-electron chi connectivity index (χ2n) is 5.24. The van der Waals surface area contributed by atoms with Crippen molar-refractivity contribution >= 4 is 68.3 Å². The van der Waals surface area contributed by atoms with E-state index in [9.17, 15) is 14.4 Å². The molecule has 0 aliphatic carbocycles. The maximum absolute atomic E-state index is 12.4. The number of nitrogens with zero attached hydrogens (tertiary/aromatic N) is 2. The molecular formula is C17H11I2N3O4. The number of ether oxygens (including phenoxy) is 1. The SMILES string of the molecule is CC(=O)Oc1c(I)cc(C=Nn2c(=O)[nH]c3ccccc3c2=O)cc1I. The Labute approximate surface area is 174 Å². The van der Waals surface area contributed by atoms with E-state index < -0.39 is 17.2 Å². The van der Waals surface area contributed by atoms with Crippen molar-refractivity contribution in [3.63, 3.8) is 0 Å². The van der Waals surface area contributed by atoms with Crippen molar-refractivity contribution in [1.29, 1.82) is 0 Å². The fraction of sp³-hybridized carbons (Fsp3) is 0.0588. The van der Waals surface area contributed by atoms with Crippen LogP contribution in [0.25, 0.3) is 10.9 Å². The average Bonchev–Trinajstić information content (AvgIpc) is 2.58. The number of nitrogens with one attached hydrogen (secondary N) is 1. The average molecular weight is 575 g/mol. The zero-order valence-corrected chi connectivity index (χ0v) is 17.6. The van der Waals surface area contributed by atoms with Gasteiger partial charge in [-0.15, -0.1) is 4.68 Å². The third-order valence-electron chi connectivity index (χ3n) is 3.37. The fourth-order valence-electron chi connectivity index (χ4n) is 2.28. The van der Waals surface area contributed by atoms with Gasteiger partial charge in [0.15, 0.2) is 5.75 Å². The van der Waals surface area contributed by atoms with E-state index in [4.69, 9.17) is 4.74 Å². The van der Waals surface area contributed by atoms with E-state index in [1.807, 2.05) is 45.2 Å². The topological polar surface area (TPSA) is 93.5 Å². The van der Waals surface area contributed by atoms with Crippen LogP contribution in [0.4, 0.5) is 0 Å². The van der Waals surface area contributed by atoms with Crippen molar-refractivity contribution in [3.8, 4) is 5.75 Å². The highest BCUT2D eigenvalue weighted by Crippen LogP contribution is 2.28. The molecule has 1 heterocycles. The minimum absolute atomic E-state index is 0.374. The van der Waals surface area contributed by atoms with E-state index >= 15 is 0 Å². The first kappa shape index (κ1) is 18.8. The van der Waals surface area contributed by atoms with E-state index in [-0.39, 0.29) is 0 Å². The highest BCUT2D eigenvalue weighted by Gasteiger charge is 2.11. The van der Waals surface area contributed by atoms with Crippen molar-refractivity contribution in [2.75, 3.05) is 0 Å². The van der Waals surface area contributed by atoms with E-state index in [0.717, 1.165) is 4.68 Å². The number of rotatable bonds is 3. The summed E-state index contributed by atoms with van der Waals surface area (Å²) in [4.78, 5) is 38.4. The van der Waals surface area contributed by atoms with Crippen LogP contribution in [-0.2, 0) is 4.79 Å². The predicted molar refractivity (Wildman–Crippen MR) is 115 cm³/mol. The molecule has 0 aliphatic rings. The second kappa shape index (κ2) is 7.70. The van der Waals surface area contributed by atoms with Crippen LogP contribution in [0.1, 0.15) is 12.5 Å². The highest BCUT2D eigenvalue weighted by atomic mass is 127. The first-order chi connectivity index (χ1) is 12.4. The van der Waals surface area contributed by atoms with Crippen LogP contribution in [0.3, 0.4) is 0 Å². The maximum Gasteiger partial charge on any atom is 0.349 e. The molecule has 2 aromatic carbocycles. The summed E-state index contributed by atoms with van der Waals surface area (Å²) < 4.78 is 7.38. The number of carbonyl (C=O) groups is 1. The van der Waals surface area contributed by atoms with E-state index in [1.165, 1.54) is 13.1 Å². The summed E-state index contributed by atoms with van der Waals surface area (Å²) in [6, 6.07) is 10.2. The van der Waals surface area contributed by atoms with Gasteiger partial charge in [-0.1, -0.05) is 12.1 Å². The van der Waals surface area contributed by atoms with E-state index in [2.05, 4.69) is 10.1 Å². The van der Waals surface area contributed by atoms with Gasteiger partial charge in [-0.3, -0.25) is 9.59 Å². The molecule has 0 aliphatic heterocycles. The molecular weight excluding hydrogens is 564 g/mol. The lowest BCUT2D eigenvalue weighted by molar-refractivity contribution is -0.132. The van der Waals surface area contributed by atoms with Crippen molar-refractivity contribution in [2.24, 2.45) is 5.10 Å². The van der Waals surface area contributed by atoms with Crippen LogP contribution in [0.5, 0.6) is 5.75 Å². The van der Waals surface area contributed by atoms with Crippen molar-refractivity contribution in [3.05, 3.63) is 69.9 Å². The van der Waals surface area contributed by atoms with Gasteiger partial charge in [-0.25, -0.2) is 4.79 Å². The van der Waals surface area contributed by atoms with Gasteiger partial charge in [0.2, 0.25) is 0 Å². The van der Waals surface area contributed by atoms with Gasteiger partial charge >= 0.3 is 11.7 Å². The molecule has 0 spiro atoms. The van der Waals surface area contributed by atoms with Gasteiger partial charge in [0.25, 0.3) is 5.56 Å². The summed E-state index contributed by atoms with van der Waals surface area (Å²) in [5.74, 6) is 0.0630. The smallest absolute Gasteiger partial charge is 0.349 e. The Morgan fingerprint density at radius 2 is 1.85 bits per heavy atom. The Balaban J connectivity index is 2.03. The minimum Gasteiger partial charge on any atom is -0.424 e. The molecule has 0 amide bonds. The summed E-state index contributed by atoms with van der Waals surface area (Å²) in [6.45, 7) is 1.33. The highest BCUT2D eigenvalue weighted by molar-refractivity contribution is 14.1. The van der Waals surface area contributed by atoms with Crippen molar-refractivity contribution in [1.82, 2.24) is 9.66 Å². The number of H-pyrrole nitrogens is 1. The molecule has 9 heteroatoms. The van der Waals surface area contributed by atoms with Crippen LogP contribution in [0, 0.1) is 7.14 Å². The molecule has 0 fully saturated rings. The molecule has 0 unspecified atom stereocenters. The molecule has 1 aromatic heterocycles. The molecule has 0 saturated carbocycles. The van der Waals surface area contributed by atoms with Crippen molar-refractivity contribution < 1.29 is 9.53 Å². The Bertz CT molecular complexity index is 1140. The molecule has 132 valence electrons. The number of aromatic nitrogens is 2. The Kier molecular flexibility index (Phi) is 5.55. The van der Waals surface area contributed by atoms with Gasteiger partial charge in [-0.05, 0) is 75.0 Å².